The van der Waals surface area contributed by atoms with Gasteiger partial charge in [-0.05, 0) is 38.5 Å². The molecule has 2 rings (SSSR count). The van der Waals surface area contributed by atoms with Crippen molar-refractivity contribution in [1.29, 1.82) is 0 Å². The van der Waals surface area contributed by atoms with Crippen molar-refractivity contribution < 1.29 is 9.53 Å². The highest BCUT2D eigenvalue weighted by Crippen LogP contribution is 2.12. The summed E-state index contributed by atoms with van der Waals surface area (Å²) in [6.45, 7) is 5.28. The van der Waals surface area contributed by atoms with Gasteiger partial charge >= 0.3 is 0 Å². The molecule has 0 atom stereocenters. The standard InChI is InChI=1S/C14H19N3O2/c1-10(2)19-7-3-6-15-14(18)11-4-5-13-12(8-11)9-16-17-13/h4-5,8-10H,3,6-7H2,1-2H3,(H,15,18)(H,16,17). The first-order valence-electron chi connectivity index (χ1n) is 6.50. The van der Waals surface area contributed by atoms with Crippen LogP contribution < -0.4 is 5.32 Å². The molecule has 0 aliphatic heterocycles. The number of carbonyl (C=O) groups is 1. The first-order valence-corrected chi connectivity index (χ1v) is 6.50. The van der Waals surface area contributed by atoms with Gasteiger partial charge in [-0.2, -0.15) is 5.10 Å². The molecule has 1 amide bonds. The van der Waals surface area contributed by atoms with E-state index in [0.29, 0.717) is 18.7 Å². The zero-order valence-electron chi connectivity index (χ0n) is 11.3. The van der Waals surface area contributed by atoms with Gasteiger partial charge in [0, 0.05) is 24.1 Å². The summed E-state index contributed by atoms with van der Waals surface area (Å²) in [5.74, 6) is -0.0624. The van der Waals surface area contributed by atoms with Crippen molar-refractivity contribution in [2.75, 3.05) is 13.2 Å². The summed E-state index contributed by atoms with van der Waals surface area (Å²) in [6.07, 6.45) is 2.76. The molecule has 5 nitrogen and oxygen atoms in total. The molecular formula is C14H19N3O2. The fraction of sp³-hybridized carbons (Fsp3) is 0.429. The van der Waals surface area contributed by atoms with Crippen LogP contribution in [0.3, 0.4) is 0 Å². The maximum Gasteiger partial charge on any atom is 0.251 e. The highest BCUT2D eigenvalue weighted by molar-refractivity contribution is 5.97. The minimum atomic E-state index is -0.0624. The Balaban J connectivity index is 1.82. The topological polar surface area (TPSA) is 67.0 Å². The largest absolute Gasteiger partial charge is 0.379 e. The SMILES string of the molecule is CC(C)OCCCNC(=O)c1ccc2[nH]ncc2c1. The molecule has 0 bridgehead atoms. The van der Waals surface area contributed by atoms with Crippen LogP contribution in [0.1, 0.15) is 30.6 Å². The number of nitrogens with one attached hydrogen (secondary N) is 2. The molecule has 0 fully saturated rings. The van der Waals surface area contributed by atoms with Gasteiger partial charge in [-0.3, -0.25) is 9.89 Å². The third-order valence-corrected chi connectivity index (χ3v) is 2.76. The molecule has 1 aromatic heterocycles. The molecule has 5 heteroatoms. The summed E-state index contributed by atoms with van der Waals surface area (Å²) < 4.78 is 5.41. The van der Waals surface area contributed by atoms with E-state index in [9.17, 15) is 4.79 Å². The van der Waals surface area contributed by atoms with Gasteiger partial charge in [0.25, 0.3) is 5.91 Å². The van der Waals surface area contributed by atoms with E-state index in [0.717, 1.165) is 17.3 Å². The van der Waals surface area contributed by atoms with Crippen LogP contribution in [-0.2, 0) is 4.74 Å². The quantitative estimate of drug-likeness (QED) is 0.783. The molecule has 19 heavy (non-hydrogen) atoms. The van der Waals surface area contributed by atoms with Crippen molar-refractivity contribution >= 4 is 16.8 Å². The lowest BCUT2D eigenvalue weighted by Crippen LogP contribution is -2.25. The molecule has 1 heterocycles. The third kappa shape index (κ3) is 3.79. The van der Waals surface area contributed by atoms with E-state index in [1.165, 1.54) is 0 Å². The Morgan fingerprint density at radius 1 is 1.47 bits per heavy atom. The van der Waals surface area contributed by atoms with Crippen LogP contribution in [0.4, 0.5) is 0 Å². The van der Waals surface area contributed by atoms with E-state index in [1.54, 1.807) is 12.3 Å². The molecule has 1 aromatic carbocycles. The Hall–Kier alpha value is -1.88. The minimum Gasteiger partial charge on any atom is -0.379 e. The average molecular weight is 261 g/mol. The number of aromatic nitrogens is 2. The average Bonchev–Trinajstić information content (AvgIpc) is 2.84. The van der Waals surface area contributed by atoms with Gasteiger partial charge in [-0.25, -0.2) is 0 Å². The van der Waals surface area contributed by atoms with Crippen LogP contribution in [0.2, 0.25) is 0 Å². The smallest absolute Gasteiger partial charge is 0.251 e. The number of amides is 1. The molecule has 102 valence electrons. The number of aromatic amines is 1. The summed E-state index contributed by atoms with van der Waals surface area (Å²) >= 11 is 0. The molecule has 0 aliphatic rings. The Bertz CT molecular complexity index is 548. The van der Waals surface area contributed by atoms with Crippen LogP contribution >= 0.6 is 0 Å². The summed E-state index contributed by atoms with van der Waals surface area (Å²) in [5.41, 5.74) is 1.58. The monoisotopic (exact) mass is 261 g/mol. The molecule has 0 radical (unpaired) electrons. The van der Waals surface area contributed by atoms with Gasteiger partial charge < -0.3 is 10.1 Å². The van der Waals surface area contributed by atoms with E-state index < -0.39 is 0 Å². The molecule has 2 N–H and O–H groups in total. The van der Waals surface area contributed by atoms with Crippen molar-refractivity contribution in [2.45, 2.75) is 26.4 Å². The molecule has 0 spiro atoms. The van der Waals surface area contributed by atoms with Crippen molar-refractivity contribution in [2.24, 2.45) is 0 Å². The van der Waals surface area contributed by atoms with Crippen molar-refractivity contribution in [1.82, 2.24) is 15.5 Å². The second-order valence-corrected chi connectivity index (χ2v) is 4.70. The molecule has 0 aliphatic carbocycles. The van der Waals surface area contributed by atoms with Crippen LogP contribution in [0.15, 0.2) is 24.4 Å². The van der Waals surface area contributed by atoms with Gasteiger partial charge in [0.2, 0.25) is 0 Å². The van der Waals surface area contributed by atoms with E-state index in [-0.39, 0.29) is 12.0 Å². The fourth-order valence-corrected chi connectivity index (χ4v) is 1.78. The maximum atomic E-state index is 11.9. The first kappa shape index (κ1) is 13.5. The first-order chi connectivity index (χ1) is 9.16. The number of hydrogen-bond donors (Lipinski definition) is 2. The van der Waals surface area contributed by atoms with Gasteiger partial charge in [0.05, 0.1) is 17.8 Å². The van der Waals surface area contributed by atoms with Crippen LogP contribution in [0.5, 0.6) is 0 Å². The Morgan fingerprint density at radius 2 is 2.32 bits per heavy atom. The van der Waals surface area contributed by atoms with Crippen LogP contribution in [0.25, 0.3) is 10.9 Å². The van der Waals surface area contributed by atoms with E-state index >= 15 is 0 Å². The molecule has 0 saturated carbocycles. The number of H-pyrrole nitrogens is 1. The van der Waals surface area contributed by atoms with Crippen molar-refractivity contribution in [3.8, 4) is 0 Å². The maximum absolute atomic E-state index is 11.9. The van der Waals surface area contributed by atoms with Gasteiger partial charge in [0.1, 0.15) is 0 Å². The second kappa shape index (κ2) is 6.33. The number of fused-ring (bicyclic) bond motifs is 1. The second-order valence-electron chi connectivity index (χ2n) is 4.70. The Morgan fingerprint density at radius 3 is 3.11 bits per heavy atom. The molecular weight excluding hydrogens is 242 g/mol. The van der Waals surface area contributed by atoms with Gasteiger partial charge in [-0.1, -0.05) is 0 Å². The van der Waals surface area contributed by atoms with Crippen molar-refractivity contribution in [3.05, 3.63) is 30.0 Å². The third-order valence-electron chi connectivity index (χ3n) is 2.76. The summed E-state index contributed by atoms with van der Waals surface area (Å²) in [6, 6.07) is 5.48. The zero-order chi connectivity index (χ0) is 13.7. The summed E-state index contributed by atoms with van der Waals surface area (Å²) in [7, 11) is 0. The van der Waals surface area contributed by atoms with E-state index in [1.807, 2.05) is 26.0 Å². The molecule has 0 unspecified atom stereocenters. The number of carbonyl (C=O) groups excluding carboxylic acids is 1. The number of hydrogen-bond acceptors (Lipinski definition) is 3. The van der Waals surface area contributed by atoms with Crippen LogP contribution in [0, 0.1) is 0 Å². The molecule has 0 saturated heterocycles. The number of benzene rings is 1. The normalized spacial score (nSPS) is 11.1. The zero-order valence-corrected chi connectivity index (χ0v) is 11.3. The van der Waals surface area contributed by atoms with E-state index in [4.69, 9.17) is 4.74 Å². The lowest BCUT2D eigenvalue weighted by atomic mass is 10.1. The lowest BCUT2D eigenvalue weighted by Gasteiger charge is -2.08. The number of ether oxygens (including phenoxy) is 1. The Kier molecular flexibility index (Phi) is 4.52. The summed E-state index contributed by atoms with van der Waals surface area (Å²) in [4.78, 5) is 11.9. The van der Waals surface area contributed by atoms with Gasteiger partial charge in [-0.15, -0.1) is 0 Å². The van der Waals surface area contributed by atoms with Crippen molar-refractivity contribution in [3.63, 3.8) is 0 Å². The van der Waals surface area contributed by atoms with E-state index in [2.05, 4.69) is 15.5 Å². The minimum absolute atomic E-state index is 0.0624. The fourth-order valence-electron chi connectivity index (χ4n) is 1.78. The number of nitrogens with zero attached hydrogens (tertiary/aromatic N) is 1. The predicted molar refractivity (Wildman–Crippen MR) is 74.1 cm³/mol. The molecule has 2 aromatic rings. The Labute approximate surface area is 112 Å². The predicted octanol–water partition coefficient (Wildman–Crippen LogP) is 2.11. The number of rotatable bonds is 6. The van der Waals surface area contributed by atoms with Crippen LogP contribution in [-0.4, -0.2) is 35.4 Å². The van der Waals surface area contributed by atoms with Gasteiger partial charge in [0.15, 0.2) is 0 Å². The highest BCUT2D eigenvalue weighted by atomic mass is 16.5. The lowest BCUT2D eigenvalue weighted by molar-refractivity contribution is 0.0757. The highest BCUT2D eigenvalue weighted by Gasteiger charge is 2.06. The summed E-state index contributed by atoms with van der Waals surface area (Å²) in [5, 5.41) is 10.6.